The van der Waals surface area contributed by atoms with Crippen LogP contribution >= 0.6 is 0 Å². The third kappa shape index (κ3) is 3.08. The van der Waals surface area contributed by atoms with Crippen molar-refractivity contribution in [3.8, 4) is 11.6 Å². The van der Waals surface area contributed by atoms with Gasteiger partial charge in [0.25, 0.3) is 0 Å². The van der Waals surface area contributed by atoms with E-state index in [-0.39, 0.29) is 0 Å². The van der Waals surface area contributed by atoms with Gasteiger partial charge < -0.3 is 4.74 Å². The molecule has 1 aromatic heterocycles. The zero-order valence-electron chi connectivity index (χ0n) is 12.7. The highest BCUT2D eigenvalue weighted by Crippen LogP contribution is 2.38. The monoisotopic (exact) mass is 282 g/mol. The number of nitrogens with zero attached hydrogens (tertiary/aromatic N) is 2. The van der Waals surface area contributed by atoms with E-state index in [4.69, 9.17) is 4.74 Å². The molecule has 0 radical (unpaired) electrons. The maximum absolute atomic E-state index is 6.01. The molecule has 2 aromatic rings. The van der Waals surface area contributed by atoms with Gasteiger partial charge in [-0.2, -0.15) is 0 Å². The van der Waals surface area contributed by atoms with Crippen molar-refractivity contribution in [3.63, 3.8) is 0 Å². The third-order valence-electron chi connectivity index (χ3n) is 4.07. The molecule has 1 aromatic carbocycles. The SMILES string of the molecule is CC(C)N1CCCC1c1cccnc1Oc1ccccc1. The molecule has 1 aliphatic heterocycles. The lowest BCUT2D eigenvalue weighted by molar-refractivity contribution is 0.202. The molecule has 0 saturated carbocycles. The van der Waals surface area contributed by atoms with Crippen molar-refractivity contribution in [2.75, 3.05) is 6.54 Å². The standard InChI is InChI=1S/C18H22N2O/c1-14(2)20-13-7-11-17(20)16-10-6-12-19-18(16)21-15-8-4-3-5-9-15/h3-6,8-10,12,14,17H,7,11,13H2,1-2H3. The molecular weight excluding hydrogens is 260 g/mol. The Morgan fingerprint density at radius 3 is 2.71 bits per heavy atom. The van der Waals surface area contributed by atoms with Gasteiger partial charge in [-0.05, 0) is 51.4 Å². The molecule has 0 spiro atoms. The van der Waals surface area contributed by atoms with E-state index in [1.165, 1.54) is 18.4 Å². The van der Waals surface area contributed by atoms with Crippen LogP contribution in [0.4, 0.5) is 0 Å². The Balaban J connectivity index is 1.89. The summed E-state index contributed by atoms with van der Waals surface area (Å²) in [5, 5.41) is 0. The fourth-order valence-corrected chi connectivity index (χ4v) is 3.08. The van der Waals surface area contributed by atoms with E-state index in [1.54, 1.807) is 6.20 Å². The molecule has 1 atom stereocenters. The summed E-state index contributed by atoms with van der Waals surface area (Å²) < 4.78 is 6.01. The first-order valence-corrected chi connectivity index (χ1v) is 7.69. The van der Waals surface area contributed by atoms with Crippen LogP contribution in [0.15, 0.2) is 48.7 Å². The predicted octanol–water partition coefficient (Wildman–Crippen LogP) is 4.42. The Kier molecular flexibility index (Phi) is 4.20. The Bertz CT molecular complexity index is 583. The largest absolute Gasteiger partial charge is 0.439 e. The zero-order chi connectivity index (χ0) is 14.7. The normalized spacial score (nSPS) is 19.1. The lowest BCUT2D eigenvalue weighted by Gasteiger charge is -2.29. The molecule has 2 heterocycles. The summed E-state index contributed by atoms with van der Waals surface area (Å²) >= 11 is 0. The number of benzene rings is 1. The summed E-state index contributed by atoms with van der Waals surface area (Å²) in [5.74, 6) is 1.58. The minimum Gasteiger partial charge on any atom is -0.439 e. The summed E-state index contributed by atoms with van der Waals surface area (Å²) in [5.41, 5.74) is 1.20. The maximum Gasteiger partial charge on any atom is 0.223 e. The summed E-state index contributed by atoms with van der Waals surface area (Å²) in [6, 6.07) is 15.0. The van der Waals surface area contributed by atoms with Gasteiger partial charge in [0.2, 0.25) is 5.88 Å². The number of hydrogen-bond acceptors (Lipinski definition) is 3. The minimum atomic E-state index is 0.414. The first-order valence-electron chi connectivity index (χ1n) is 7.69. The molecule has 0 aliphatic carbocycles. The van der Waals surface area contributed by atoms with Crippen molar-refractivity contribution >= 4 is 0 Å². The molecule has 3 rings (SSSR count). The second kappa shape index (κ2) is 6.27. The molecule has 110 valence electrons. The minimum absolute atomic E-state index is 0.414. The van der Waals surface area contributed by atoms with Crippen molar-refractivity contribution in [2.24, 2.45) is 0 Å². The number of ether oxygens (including phenoxy) is 1. The fraction of sp³-hybridized carbons (Fsp3) is 0.389. The molecule has 0 bridgehead atoms. The molecule has 0 N–H and O–H groups in total. The van der Waals surface area contributed by atoms with Gasteiger partial charge in [-0.15, -0.1) is 0 Å². The second-order valence-corrected chi connectivity index (χ2v) is 5.80. The van der Waals surface area contributed by atoms with Crippen LogP contribution < -0.4 is 4.74 Å². The summed E-state index contributed by atoms with van der Waals surface area (Å²) in [6.45, 7) is 5.67. The predicted molar refractivity (Wildman–Crippen MR) is 84.6 cm³/mol. The van der Waals surface area contributed by atoms with Crippen LogP contribution in [-0.2, 0) is 0 Å². The summed E-state index contributed by atoms with van der Waals surface area (Å²) in [7, 11) is 0. The van der Waals surface area contributed by atoms with Gasteiger partial charge in [-0.1, -0.05) is 24.3 Å². The number of likely N-dealkylation sites (tertiary alicyclic amines) is 1. The highest BCUT2D eigenvalue weighted by atomic mass is 16.5. The fourth-order valence-electron chi connectivity index (χ4n) is 3.08. The number of para-hydroxylation sites is 1. The Hall–Kier alpha value is -1.87. The van der Waals surface area contributed by atoms with E-state index < -0.39 is 0 Å². The van der Waals surface area contributed by atoms with Crippen molar-refractivity contribution in [1.29, 1.82) is 0 Å². The van der Waals surface area contributed by atoms with Gasteiger partial charge in [0, 0.05) is 23.8 Å². The topological polar surface area (TPSA) is 25.4 Å². The van der Waals surface area contributed by atoms with Gasteiger partial charge in [-0.3, -0.25) is 4.90 Å². The first kappa shape index (κ1) is 14.1. The lowest BCUT2D eigenvalue weighted by atomic mass is 10.1. The quantitative estimate of drug-likeness (QED) is 0.830. The number of pyridine rings is 1. The van der Waals surface area contributed by atoms with Crippen LogP contribution in [0.3, 0.4) is 0 Å². The van der Waals surface area contributed by atoms with Crippen molar-refractivity contribution in [3.05, 3.63) is 54.2 Å². The van der Waals surface area contributed by atoms with Crippen LogP contribution in [0.2, 0.25) is 0 Å². The molecule has 0 amide bonds. The van der Waals surface area contributed by atoms with Crippen LogP contribution in [0, 0.1) is 0 Å². The van der Waals surface area contributed by atoms with E-state index in [9.17, 15) is 0 Å². The van der Waals surface area contributed by atoms with Gasteiger partial charge in [0.15, 0.2) is 0 Å². The van der Waals surface area contributed by atoms with Gasteiger partial charge in [-0.25, -0.2) is 4.98 Å². The number of hydrogen-bond donors (Lipinski definition) is 0. The highest BCUT2D eigenvalue weighted by Gasteiger charge is 2.30. The molecule has 1 unspecified atom stereocenters. The molecule has 3 heteroatoms. The van der Waals surface area contributed by atoms with E-state index in [0.717, 1.165) is 18.2 Å². The molecule has 1 aliphatic rings. The van der Waals surface area contributed by atoms with E-state index in [1.807, 2.05) is 36.4 Å². The number of aromatic nitrogens is 1. The van der Waals surface area contributed by atoms with Crippen LogP contribution in [0.5, 0.6) is 11.6 Å². The molecule has 3 nitrogen and oxygen atoms in total. The average Bonchev–Trinajstić information content (AvgIpc) is 2.98. The maximum atomic E-state index is 6.01. The first-order chi connectivity index (χ1) is 10.3. The Morgan fingerprint density at radius 2 is 1.95 bits per heavy atom. The van der Waals surface area contributed by atoms with Crippen molar-refractivity contribution in [2.45, 2.75) is 38.8 Å². The smallest absolute Gasteiger partial charge is 0.223 e. The number of rotatable bonds is 4. The second-order valence-electron chi connectivity index (χ2n) is 5.80. The molecule has 1 saturated heterocycles. The zero-order valence-corrected chi connectivity index (χ0v) is 12.7. The Morgan fingerprint density at radius 1 is 1.14 bits per heavy atom. The van der Waals surface area contributed by atoms with Crippen molar-refractivity contribution in [1.82, 2.24) is 9.88 Å². The molecule has 1 fully saturated rings. The van der Waals surface area contributed by atoms with E-state index in [0.29, 0.717) is 12.1 Å². The van der Waals surface area contributed by atoms with E-state index >= 15 is 0 Å². The van der Waals surface area contributed by atoms with Gasteiger partial charge in [0.1, 0.15) is 5.75 Å². The summed E-state index contributed by atoms with van der Waals surface area (Å²) in [6.07, 6.45) is 4.22. The molecule has 21 heavy (non-hydrogen) atoms. The van der Waals surface area contributed by atoms with Gasteiger partial charge in [0.05, 0.1) is 0 Å². The summed E-state index contributed by atoms with van der Waals surface area (Å²) in [4.78, 5) is 7.00. The van der Waals surface area contributed by atoms with Crippen LogP contribution in [0.25, 0.3) is 0 Å². The van der Waals surface area contributed by atoms with Gasteiger partial charge >= 0.3 is 0 Å². The average molecular weight is 282 g/mol. The van der Waals surface area contributed by atoms with Crippen LogP contribution in [0.1, 0.15) is 38.3 Å². The highest BCUT2D eigenvalue weighted by molar-refractivity contribution is 5.34. The third-order valence-corrected chi connectivity index (χ3v) is 4.07. The lowest BCUT2D eigenvalue weighted by Crippen LogP contribution is -2.30. The molecular formula is C18H22N2O. The van der Waals surface area contributed by atoms with Crippen molar-refractivity contribution < 1.29 is 4.74 Å². The van der Waals surface area contributed by atoms with E-state index in [2.05, 4.69) is 29.8 Å². The van der Waals surface area contributed by atoms with Crippen LogP contribution in [-0.4, -0.2) is 22.5 Å². The Labute approximate surface area is 126 Å².